The minimum Gasteiger partial charge on any atom is -0.481 e. The summed E-state index contributed by atoms with van der Waals surface area (Å²) in [6.45, 7) is 2.64. The number of nitrogens with one attached hydrogen (secondary N) is 1. The van der Waals surface area contributed by atoms with E-state index in [0.29, 0.717) is 24.5 Å². The molecule has 0 spiro atoms. The second-order valence-electron chi connectivity index (χ2n) is 5.43. The Morgan fingerprint density at radius 1 is 1.52 bits per heavy atom. The molecule has 2 rings (SSSR count). The van der Waals surface area contributed by atoms with Crippen LogP contribution in [0.1, 0.15) is 18.9 Å². The molecule has 1 unspecified atom stereocenters. The SMILES string of the molecule is CC1(C(=O)O)CCN(C(=O)NCc2ccc(Br)cc2Cl)C1. The van der Waals surface area contributed by atoms with Crippen molar-refractivity contribution in [3.05, 3.63) is 33.3 Å². The number of amides is 2. The van der Waals surface area contributed by atoms with Crippen LogP contribution in [0.15, 0.2) is 22.7 Å². The number of aliphatic carboxylic acids is 1. The third kappa shape index (κ3) is 3.68. The van der Waals surface area contributed by atoms with Crippen LogP contribution in [-0.2, 0) is 11.3 Å². The lowest BCUT2D eigenvalue weighted by Crippen LogP contribution is -2.40. The number of carboxylic acids is 1. The monoisotopic (exact) mass is 374 g/mol. The number of nitrogens with zero attached hydrogens (tertiary/aromatic N) is 1. The Kier molecular flexibility index (Phi) is 4.78. The molecule has 0 saturated carbocycles. The third-order valence-electron chi connectivity index (χ3n) is 3.72. The van der Waals surface area contributed by atoms with Crippen molar-refractivity contribution in [2.24, 2.45) is 5.41 Å². The molecule has 1 aromatic carbocycles. The molecule has 1 aliphatic rings. The average Bonchev–Trinajstić information content (AvgIpc) is 2.82. The molecule has 1 heterocycles. The Balaban J connectivity index is 1.93. The number of rotatable bonds is 3. The number of halogens is 2. The molecule has 0 bridgehead atoms. The summed E-state index contributed by atoms with van der Waals surface area (Å²) in [6.07, 6.45) is 0.467. The number of carbonyl (C=O) groups is 2. The highest BCUT2D eigenvalue weighted by atomic mass is 79.9. The molecule has 1 aliphatic heterocycles. The molecule has 2 amide bonds. The largest absolute Gasteiger partial charge is 0.481 e. The van der Waals surface area contributed by atoms with Gasteiger partial charge < -0.3 is 15.3 Å². The van der Waals surface area contributed by atoms with E-state index in [9.17, 15) is 9.59 Å². The first-order valence-corrected chi connectivity index (χ1v) is 7.69. The second kappa shape index (κ2) is 6.23. The summed E-state index contributed by atoms with van der Waals surface area (Å²) in [5.41, 5.74) is -0.0412. The average molecular weight is 376 g/mol. The topological polar surface area (TPSA) is 69.6 Å². The van der Waals surface area contributed by atoms with Crippen molar-refractivity contribution < 1.29 is 14.7 Å². The molecule has 114 valence electrons. The summed E-state index contributed by atoms with van der Waals surface area (Å²) in [7, 11) is 0. The van der Waals surface area contributed by atoms with Crippen molar-refractivity contribution in [3.8, 4) is 0 Å². The van der Waals surface area contributed by atoms with E-state index in [1.807, 2.05) is 12.1 Å². The van der Waals surface area contributed by atoms with E-state index in [1.165, 1.54) is 4.90 Å². The van der Waals surface area contributed by atoms with Gasteiger partial charge in [-0.1, -0.05) is 33.6 Å². The Hall–Kier alpha value is -1.27. The lowest BCUT2D eigenvalue weighted by molar-refractivity contribution is -0.146. The van der Waals surface area contributed by atoms with Gasteiger partial charge in [-0.15, -0.1) is 0 Å². The van der Waals surface area contributed by atoms with Gasteiger partial charge in [-0.3, -0.25) is 4.79 Å². The first kappa shape index (κ1) is 16.1. The number of likely N-dealkylation sites (tertiary alicyclic amines) is 1. The molecular formula is C14H16BrClN2O3. The van der Waals surface area contributed by atoms with Gasteiger partial charge in [0, 0.05) is 29.1 Å². The Morgan fingerprint density at radius 2 is 2.24 bits per heavy atom. The van der Waals surface area contributed by atoms with E-state index in [1.54, 1.807) is 13.0 Å². The van der Waals surface area contributed by atoms with Crippen molar-refractivity contribution in [3.63, 3.8) is 0 Å². The van der Waals surface area contributed by atoms with Crippen molar-refractivity contribution in [1.29, 1.82) is 0 Å². The molecule has 0 aromatic heterocycles. The molecule has 5 nitrogen and oxygen atoms in total. The molecule has 1 saturated heterocycles. The van der Waals surface area contributed by atoms with Crippen LogP contribution in [0.2, 0.25) is 5.02 Å². The molecule has 0 radical (unpaired) electrons. The highest BCUT2D eigenvalue weighted by molar-refractivity contribution is 9.10. The maximum atomic E-state index is 12.1. The normalized spacial score (nSPS) is 21.4. The van der Waals surface area contributed by atoms with Crippen molar-refractivity contribution >= 4 is 39.5 Å². The van der Waals surface area contributed by atoms with Crippen LogP contribution in [0.4, 0.5) is 4.79 Å². The number of carbonyl (C=O) groups excluding carboxylic acids is 1. The van der Waals surface area contributed by atoms with Gasteiger partial charge >= 0.3 is 12.0 Å². The fourth-order valence-electron chi connectivity index (χ4n) is 2.26. The highest BCUT2D eigenvalue weighted by Gasteiger charge is 2.42. The lowest BCUT2D eigenvalue weighted by atomic mass is 9.90. The molecule has 7 heteroatoms. The molecule has 0 aliphatic carbocycles. The highest BCUT2D eigenvalue weighted by Crippen LogP contribution is 2.30. The molecule has 21 heavy (non-hydrogen) atoms. The van der Waals surface area contributed by atoms with Gasteiger partial charge in [0.2, 0.25) is 0 Å². The van der Waals surface area contributed by atoms with Gasteiger partial charge in [0.25, 0.3) is 0 Å². The summed E-state index contributed by atoms with van der Waals surface area (Å²) >= 11 is 9.41. The summed E-state index contributed by atoms with van der Waals surface area (Å²) in [4.78, 5) is 24.8. The second-order valence-corrected chi connectivity index (χ2v) is 6.75. The summed E-state index contributed by atoms with van der Waals surface area (Å²) in [5, 5.41) is 12.5. The van der Waals surface area contributed by atoms with Gasteiger partial charge in [0.05, 0.1) is 5.41 Å². The maximum absolute atomic E-state index is 12.1. The van der Waals surface area contributed by atoms with Crippen LogP contribution in [-0.4, -0.2) is 35.1 Å². The maximum Gasteiger partial charge on any atom is 0.317 e. The number of benzene rings is 1. The Labute approximate surface area is 136 Å². The van der Waals surface area contributed by atoms with Gasteiger partial charge in [0.15, 0.2) is 0 Å². The van der Waals surface area contributed by atoms with E-state index >= 15 is 0 Å². The van der Waals surface area contributed by atoms with Crippen LogP contribution in [0.5, 0.6) is 0 Å². The van der Waals surface area contributed by atoms with Gasteiger partial charge in [-0.25, -0.2) is 4.79 Å². The number of hydrogen-bond donors (Lipinski definition) is 2. The molecular weight excluding hydrogens is 360 g/mol. The number of urea groups is 1. The van der Waals surface area contributed by atoms with E-state index in [2.05, 4.69) is 21.2 Å². The predicted octanol–water partition coefficient (Wildman–Crippen LogP) is 3.11. The lowest BCUT2D eigenvalue weighted by Gasteiger charge is -2.20. The fraction of sp³-hybridized carbons (Fsp3) is 0.429. The summed E-state index contributed by atoms with van der Waals surface area (Å²) in [6, 6.07) is 5.18. The minimum absolute atomic E-state index is 0.224. The third-order valence-corrected chi connectivity index (χ3v) is 4.57. The van der Waals surface area contributed by atoms with Gasteiger partial charge in [0.1, 0.15) is 0 Å². The van der Waals surface area contributed by atoms with Gasteiger partial charge in [-0.05, 0) is 31.0 Å². The Bertz CT molecular complexity index is 581. The van der Waals surface area contributed by atoms with Crippen molar-refractivity contribution in [1.82, 2.24) is 10.2 Å². The zero-order chi connectivity index (χ0) is 15.6. The first-order chi connectivity index (χ1) is 9.82. The first-order valence-electron chi connectivity index (χ1n) is 6.52. The smallest absolute Gasteiger partial charge is 0.317 e. The number of carboxylic acid groups (broad SMARTS) is 1. The van der Waals surface area contributed by atoms with Crippen LogP contribution >= 0.6 is 27.5 Å². The molecule has 2 N–H and O–H groups in total. The zero-order valence-corrected chi connectivity index (χ0v) is 13.9. The van der Waals surface area contributed by atoms with Crippen LogP contribution in [0.3, 0.4) is 0 Å². The van der Waals surface area contributed by atoms with Crippen molar-refractivity contribution in [2.45, 2.75) is 19.9 Å². The van der Waals surface area contributed by atoms with Gasteiger partial charge in [-0.2, -0.15) is 0 Å². The Morgan fingerprint density at radius 3 is 2.81 bits per heavy atom. The van der Waals surface area contributed by atoms with Crippen LogP contribution in [0.25, 0.3) is 0 Å². The van der Waals surface area contributed by atoms with E-state index in [-0.39, 0.29) is 12.6 Å². The summed E-state index contributed by atoms with van der Waals surface area (Å²) < 4.78 is 0.874. The van der Waals surface area contributed by atoms with Crippen LogP contribution < -0.4 is 5.32 Å². The number of hydrogen-bond acceptors (Lipinski definition) is 2. The van der Waals surface area contributed by atoms with E-state index in [4.69, 9.17) is 16.7 Å². The van der Waals surface area contributed by atoms with Crippen molar-refractivity contribution in [2.75, 3.05) is 13.1 Å². The quantitative estimate of drug-likeness (QED) is 0.853. The van der Waals surface area contributed by atoms with E-state index in [0.717, 1.165) is 10.0 Å². The predicted molar refractivity (Wildman–Crippen MR) is 83.3 cm³/mol. The van der Waals surface area contributed by atoms with E-state index < -0.39 is 11.4 Å². The summed E-state index contributed by atoms with van der Waals surface area (Å²) in [5.74, 6) is -0.867. The minimum atomic E-state index is -0.867. The fourth-order valence-corrected chi connectivity index (χ4v) is 3.00. The van der Waals surface area contributed by atoms with Crippen LogP contribution in [0, 0.1) is 5.41 Å². The molecule has 1 aromatic rings. The standard InChI is InChI=1S/C14H16BrClN2O3/c1-14(12(19)20)4-5-18(8-14)13(21)17-7-9-2-3-10(15)6-11(9)16/h2-3,6H,4-5,7-8H2,1H3,(H,17,21)(H,19,20). The molecule has 1 atom stereocenters. The molecule has 1 fully saturated rings. The zero-order valence-electron chi connectivity index (χ0n) is 11.5.